The van der Waals surface area contributed by atoms with Crippen molar-refractivity contribution < 1.29 is 9.59 Å². The second-order valence-corrected chi connectivity index (χ2v) is 4.28. The molecule has 1 heterocycles. The lowest BCUT2D eigenvalue weighted by molar-refractivity contribution is -0.946. The monoisotopic (exact) mass is 192 g/mol. The van der Waals surface area contributed by atoms with Gasteiger partial charge in [0.05, 0.1) is 13.1 Å². The highest BCUT2D eigenvalue weighted by atomic mass is 16.3. The Bertz CT molecular complexity index is 278. The lowest BCUT2D eigenvalue weighted by Gasteiger charge is -2.31. The Hall–Kier alpha value is -0.860. The molecule has 0 aliphatic carbocycles. The third kappa shape index (κ3) is 1.97. The van der Waals surface area contributed by atoms with E-state index in [4.69, 9.17) is 0 Å². The molecule has 2 heteroatoms. The van der Waals surface area contributed by atoms with Gasteiger partial charge in [0.2, 0.25) is 0 Å². The third-order valence-electron chi connectivity index (χ3n) is 3.18. The molecular formula is C12H18NO+. The number of hydrogen-bond donors (Lipinski definition) is 1. The van der Waals surface area contributed by atoms with Crippen LogP contribution in [0.5, 0.6) is 0 Å². The summed E-state index contributed by atoms with van der Waals surface area (Å²) in [6.45, 7) is 3.53. The van der Waals surface area contributed by atoms with E-state index in [1.54, 1.807) is 0 Å². The average Bonchev–Trinajstić information content (AvgIpc) is 2.69. The van der Waals surface area contributed by atoms with Gasteiger partial charge in [0, 0.05) is 18.4 Å². The number of aliphatic hydroxyl groups excluding tert-OH is 1. The van der Waals surface area contributed by atoms with E-state index in [-0.39, 0.29) is 6.73 Å². The van der Waals surface area contributed by atoms with Crippen molar-refractivity contribution in [3.63, 3.8) is 0 Å². The van der Waals surface area contributed by atoms with Gasteiger partial charge in [-0.05, 0) is 0 Å². The molecule has 1 aromatic rings. The molecule has 0 aromatic heterocycles. The van der Waals surface area contributed by atoms with E-state index in [9.17, 15) is 5.11 Å². The number of likely N-dealkylation sites (tertiary alicyclic amines) is 1. The predicted octanol–water partition coefficient (Wildman–Crippen LogP) is 1.75. The van der Waals surface area contributed by atoms with Crippen LogP contribution in [0.25, 0.3) is 0 Å². The quantitative estimate of drug-likeness (QED) is 0.723. The number of rotatable bonds is 3. The van der Waals surface area contributed by atoms with Crippen molar-refractivity contribution in [2.75, 3.05) is 19.8 Å². The zero-order valence-electron chi connectivity index (χ0n) is 8.52. The maximum absolute atomic E-state index is 9.45. The Morgan fingerprint density at radius 3 is 2.29 bits per heavy atom. The van der Waals surface area contributed by atoms with Crippen molar-refractivity contribution in [3.8, 4) is 0 Å². The first-order valence-corrected chi connectivity index (χ1v) is 5.35. The highest BCUT2D eigenvalue weighted by molar-refractivity contribution is 5.13. The molecule has 0 spiro atoms. The average molecular weight is 192 g/mol. The maximum Gasteiger partial charge on any atom is 0.180 e. The first-order chi connectivity index (χ1) is 6.85. The highest BCUT2D eigenvalue weighted by Gasteiger charge is 2.30. The summed E-state index contributed by atoms with van der Waals surface area (Å²) < 4.78 is 0.865. The summed E-state index contributed by atoms with van der Waals surface area (Å²) in [5, 5.41) is 9.45. The van der Waals surface area contributed by atoms with Crippen molar-refractivity contribution in [1.29, 1.82) is 0 Å². The van der Waals surface area contributed by atoms with E-state index >= 15 is 0 Å². The van der Waals surface area contributed by atoms with Crippen LogP contribution in [0, 0.1) is 0 Å². The summed E-state index contributed by atoms with van der Waals surface area (Å²) in [5.41, 5.74) is 1.34. The zero-order chi connectivity index (χ0) is 9.86. The van der Waals surface area contributed by atoms with Gasteiger partial charge in [-0.15, -0.1) is 0 Å². The van der Waals surface area contributed by atoms with Crippen LogP contribution in [0.1, 0.15) is 18.4 Å². The second-order valence-electron chi connectivity index (χ2n) is 4.28. The minimum absolute atomic E-state index is 0.287. The summed E-state index contributed by atoms with van der Waals surface area (Å²) in [4.78, 5) is 0. The molecule has 1 aliphatic heterocycles. The summed E-state index contributed by atoms with van der Waals surface area (Å²) in [5.74, 6) is 0. The van der Waals surface area contributed by atoms with Crippen LogP contribution in [0.3, 0.4) is 0 Å². The SMILES string of the molecule is OC[N+]1(Cc2ccccc2)CCCC1. The van der Waals surface area contributed by atoms with Crippen molar-refractivity contribution in [2.24, 2.45) is 0 Å². The Morgan fingerprint density at radius 1 is 1.07 bits per heavy atom. The molecule has 0 radical (unpaired) electrons. The van der Waals surface area contributed by atoms with Crippen LogP contribution < -0.4 is 0 Å². The van der Waals surface area contributed by atoms with Crippen LogP contribution in [0.15, 0.2) is 30.3 Å². The van der Waals surface area contributed by atoms with Crippen LogP contribution in [-0.2, 0) is 6.54 Å². The Morgan fingerprint density at radius 2 is 1.71 bits per heavy atom. The molecule has 2 rings (SSSR count). The molecule has 0 amide bonds. The van der Waals surface area contributed by atoms with Gasteiger partial charge in [0.1, 0.15) is 6.54 Å². The first kappa shape index (κ1) is 9.69. The molecule has 0 atom stereocenters. The minimum atomic E-state index is 0.287. The predicted molar refractivity (Wildman–Crippen MR) is 56.5 cm³/mol. The van der Waals surface area contributed by atoms with Gasteiger partial charge >= 0.3 is 0 Å². The summed E-state index contributed by atoms with van der Waals surface area (Å²) in [7, 11) is 0. The van der Waals surface area contributed by atoms with Gasteiger partial charge in [0.25, 0.3) is 0 Å². The van der Waals surface area contributed by atoms with E-state index in [2.05, 4.69) is 24.3 Å². The van der Waals surface area contributed by atoms with Crippen LogP contribution in [0.4, 0.5) is 0 Å². The van der Waals surface area contributed by atoms with E-state index in [1.807, 2.05) is 6.07 Å². The van der Waals surface area contributed by atoms with Crippen LogP contribution in [-0.4, -0.2) is 29.4 Å². The molecule has 1 aromatic carbocycles. The van der Waals surface area contributed by atoms with Gasteiger partial charge in [-0.2, -0.15) is 0 Å². The zero-order valence-corrected chi connectivity index (χ0v) is 8.52. The van der Waals surface area contributed by atoms with Gasteiger partial charge < -0.3 is 5.11 Å². The van der Waals surface area contributed by atoms with E-state index in [0.29, 0.717) is 0 Å². The van der Waals surface area contributed by atoms with E-state index < -0.39 is 0 Å². The fourth-order valence-corrected chi connectivity index (χ4v) is 2.33. The number of quaternary nitrogens is 1. The van der Waals surface area contributed by atoms with Crippen LogP contribution in [0.2, 0.25) is 0 Å². The summed E-state index contributed by atoms with van der Waals surface area (Å²) in [6, 6.07) is 10.5. The molecule has 1 N–H and O–H groups in total. The molecule has 1 fully saturated rings. The second kappa shape index (κ2) is 4.11. The van der Waals surface area contributed by atoms with Crippen molar-refractivity contribution in [1.82, 2.24) is 0 Å². The van der Waals surface area contributed by atoms with E-state index in [1.165, 1.54) is 18.4 Å². The lowest BCUT2D eigenvalue weighted by Crippen LogP contribution is -2.45. The van der Waals surface area contributed by atoms with Crippen molar-refractivity contribution in [2.45, 2.75) is 19.4 Å². The molecule has 0 saturated carbocycles. The van der Waals surface area contributed by atoms with Gasteiger partial charge in [-0.1, -0.05) is 30.3 Å². The first-order valence-electron chi connectivity index (χ1n) is 5.35. The maximum atomic E-state index is 9.45. The van der Waals surface area contributed by atoms with Gasteiger partial charge in [-0.25, -0.2) is 0 Å². The van der Waals surface area contributed by atoms with Crippen molar-refractivity contribution in [3.05, 3.63) is 35.9 Å². The number of nitrogens with zero attached hydrogens (tertiary/aromatic N) is 1. The Kier molecular flexibility index (Phi) is 2.85. The molecule has 0 unspecified atom stereocenters. The third-order valence-corrected chi connectivity index (χ3v) is 3.18. The molecule has 0 bridgehead atoms. The topological polar surface area (TPSA) is 20.2 Å². The summed E-state index contributed by atoms with van der Waals surface area (Å²) in [6.07, 6.45) is 2.51. The fraction of sp³-hybridized carbons (Fsp3) is 0.500. The molecule has 76 valence electrons. The van der Waals surface area contributed by atoms with Crippen LogP contribution >= 0.6 is 0 Å². The number of hydrogen-bond acceptors (Lipinski definition) is 1. The molecule has 2 nitrogen and oxygen atoms in total. The Balaban J connectivity index is 2.08. The fourth-order valence-electron chi connectivity index (χ4n) is 2.33. The standard InChI is InChI=1S/C12H18NO/c14-11-13(8-4-5-9-13)10-12-6-2-1-3-7-12/h1-3,6-7,14H,4-5,8-11H2/q+1. The smallest absolute Gasteiger partial charge is 0.180 e. The van der Waals surface area contributed by atoms with Gasteiger partial charge in [-0.3, -0.25) is 4.48 Å². The van der Waals surface area contributed by atoms with Gasteiger partial charge in [0.15, 0.2) is 6.73 Å². The lowest BCUT2D eigenvalue weighted by atomic mass is 10.2. The largest absolute Gasteiger partial charge is 0.347 e. The number of aliphatic hydroxyl groups is 1. The molecule has 14 heavy (non-hydrogen) atoms. The molecule has 1 saturated heterocycles. The van der Waals surface area contributed by atoms with Crippen molar-refractivity contribution >= 4 is 0 Å². The van der Waals surface area contributed by atoms with E-state index in [0.717, 1.165) is 24.1 Å². The Labute approximate surface area is 85.4 Å². The normalized spacial score (nSPS) is 19.8. The molecular weight excluding hydrogens is 174 g/mol. The summed E-state index contributed by atoms with van der Waals surface area (Å²) >= 11 is 0. The highest BCUT2D eigenvalue weighted by Crippen LogP contribution is 2.22. The number of benzene rings is 1. The minimum Gasteiger partial charge on any atom is -0.347 e. The molecule has 1 aliphatic rings.